The molecule has 0 aliphatic carbocycles. The second-order valence-electron chi connectivity index (χ2n) is 6.75. The molecule has 0 spiro atoms. The van der Waals surface area contributed by atoms with Gasteiger partial charge in [-0.1, -0.05) is 48.5 Å². The normalized spacial score (nSPS) is 24.4. The first-order chi connectivity index (χ1) is 13.0. The third-order valence-electron chi connectivity index (χ3n) is 5.14. The first-order valence-electron chi connectivity index (χ1n) is 8.76. The van der Waals surface area contributed by atoms with E-state index in [1.54, 1.807) is 13.2 Å². The SMILES string of the molecule is COC(=O)C1CC(Cc2ccccc2)(C(=O)O)NC1c1ccccc1OC. The number of carbonyl (C=O) groups is 2. The maximum absolute atomic E-state index is 12.5. The van der Waals surface area contributed by atoms with E-state index in [-0.39, 0.29) is 12.8 Å². The molecule has 1 heterocycles. The number of carbonyl (C=O) groups excluding carboxylic acids is 1. The Morgan fingerprint density at radius 2 is 1.78 bits per heavy atom. The lowest BCUT2D eigenvalue weighted by atomic mass is 9.85. The number of carboxylic acids is 1. The van der Waals surface area contributed by atoms with Crippen molar-refractivity contribution in [2.45, 2.75) is 24.4 Å². The number of aliphatic carboxylic acids is 1. The van der Waals surface area contributed by atoms with Crippen LogP contribution in [0.4, 0.5) is 0 Å². The highest BCUT2D eigenvalue weighted by molar-refractivity contribution is 5.83. The Morgan fingerprint density at radius 1 is 1.11 bits per heavy atom. The van der Waals surface area contributed by atoms with Crippen molar-refractivity contribution in [2.24, 2.45) is 5.92 Å². The largest absolute Gasteiger partial charge is 0.496 e. The summed E-state index contributed by atoms with van der Waals surface area (Å²) in [6.07, 6.45) is 0.398. The van der Waals surface area contributed by atoms with Crippen molar-refractivity contribution < 1.29 is 24.2 Å². The van der Waals surface area contributed by atoms with Crippen molar-refractivity contribution in [2.75, 3.05) is 14.2 Å². The lowest BCUT2D eigenvalue weighted by Crippen LogP contribution is -2.50. The molecule has 0 aromatic heterocycles. The van der Waals surface area contributed by atoms with Crippen molar-refractivity contribution in [1.29, 1.82) is 0 Å². The number of methoxy groups -OCH3 is 2. The van der Waals surface area contributed by atoms with Crippen molar-refractivity contribution in [3.05, 3.63) is 65.7 Å². The van der Waals surface area contributed by atoms with Crippen LogP contribution in [-0.4, -0.2) is 36.8 Å². The maximum Gasteiger partial charge on any atom is 0.324 e. The summed E-state index contributed by atoms with van der Waals surface area (Å²) >= 11 is 0. The van der Waals surface area contributed by atoms with Gasteiger partial charge in [-0.2, -0.15) is 0 Å². The van der Waals surface area contributed by atoms with Crippen molar-refractivity contribution in [3.63, 3.8) is 0 Å². The summed E-state index contributed by atoms with van der Waals surface area (Å²) in [5, 5.41) is 13.3. The molecular formula is C21H23NO5. The van der Waals surface area contributed by atoms with Crippen molar-refractivity contribution >= 4 is 11.9 Å². The lowest BCUT2D eigenvalue weighted by molar-refractivity contribution is -0.146. The van der Waals surface area contributed by atoms with E-state index in [1.807, 2.05) is 48.5 Å². The Hall–Kier alpha value is -2.86. The van der Waals surface area contributed by atoms with Crippen LogP contribution in [0.15, 0.2) is 54.6 Å². The molecule has 0 bridgehead atoms. The summed E-state index contributed by atoms with van der Waals surface area (Å²) in [6, 6.07) is 16.2. The molecular weight excluding hydrogens is 346 g/mol. The quantitative estimate of drug-likeness (QED) is 0.762. The third kappa shape index (κ3) is 3.66. The molecule has 6 heteroatoms. The highest BCUT2D eigenvalue weighted by atomic mass is 16.5. The van der Waals surface area contributed by atoms with Gasteiger partial charge in [-0.3, -0.25) is 14.9 Å². The molecule has 27 heavy (non-hydrogen) atoms. The van der Waals surface area contributed by atoms with E-state index in [2.05, 4.69) is 5.32 Å². The van der Waals surface area contributed by atoms with Crippen LogP contribution in [0.25, 0.3) is 0 Å². The summed E-state index contributed by atoms with van der Waals surface area (Å²) < 4.78 is 10.4. The van der Waals surface area contributed by atoms with E-state index in [1.165, 1.54) is 7.11 Å². The Balaban J connectivity index is 2.02. The van der Waals surface area contributed by atoms with Crippen LogP contribution in [0.5, 0.6) is 5.75 Å². The molecule has 1 saturated heterocycles. The number of hydrogen-bond acceptors (Lipinski definition) is 5. The number of rotatable bonds is 6. The van der Waals surface area contributed by atoms with Gasteiger partial charge in [0.2, 0.25) is 0 Å². The van der Waals surface area contributed by atoms with Crippen LogP contribution in [0.2, 0.25) is 0 Å². The van der Waals surface area contributed by atoms with Gasteiger partial charge in [0.15, 0.2) is 0 Å². The predicted molar refractivity (Wildman–Crippen MR) is 99.5 cm³/mol. The summed E-state index contributed by atoms with van der Waals surface area (Å²) in [4.78, 5) is 24.7. The number of para-hydroxylation sites is 1. The maximum atomic E-state index is 12.5. The van der Waals surface area contributed by atoms with E-state index < -0.39 is 29.4 Å². The van der Waals surface area contributed by atoms with Gasteiger partial charge in [-0.05, 0) is 18.1 Å². The Labute approximate surface area is 158 Å². The van der Waals surface area contributed by atoms with Crippen LogP contribution in [0.3, 0.4) is 0 Å². The van der Waals surface area contributed by atoms with E-state index in [0.29, 0.717) is 5.75 Å². The zero-order valence-corrected chi connectivity index (χ0v) is 15.3. The molecule has 6 nitrogen and oxygen atoms in total. The molecule has 3 atom stereocenters. The van der Waals surface area contributed by atoms with E-state index in [4.69, 9.17) is 9.47 Å². The lowest BCUT2D eigenvalue weighted by Gasteiger charge is -2.26. The molecule has 1 aliphatic rings. The molecule has 2 aromatic carbocycles. The zero-order chi connectivity index (χ0) is 19.4. The number of hydrogen-bond donors (Lipinski definition) is 2. The Bertz CT molecular complexity index is 822. The molecule has 1 fully saturated rings. The van der Waals surface area contributed by atoms with Crippen LogP contribution < -0.4 is 10.1 Å². The zero-order valence-electron chi connectivity index (χ0n) is 15.3. The highest BCUT2D eigenvalue weighted by Gasteiger charge is 2.53. The van der Waals surface area contributed by atoms with Gasteiger partial charge in [0.05, 0.1) is 26.2 Å². The summed E-state index contributed by atoms with van der Waals surface area (Å²) in [5.74, 6) is -1.46. The van der Waals surface area contributed by atoms with E-state index in [0.717, 1.165) is 11.1 Å². The third-order valence-corrected chi connectivity index (χ3v) is 5.14. The van der Waals surface area contributed by atoms with Crippen LogP contribution in [0, 0.1) is 5.92 Å². The fraction of sp³-hybridized carbons (Fsp3) is 0.333. The molecule has 0 amide bonds. The molecule has 1 aliphatic heterocycles. The van der Waals surface area contributed by atoms with Gasteiger partial charge in [-0.25, -0.2) is 0 Å². The van der Waals surface area contributed by atoms with Crippen LogP contribution >= 0.6 is 0 Å². The molecule has 3 rings (SSSR count). The molecule has 142 valence electrons. The standard InChI is InChI=1S/C21H23NO5/c1-26-17-11-7-6-10-15(17)18-16(19(23)27-2)13-21(22-18,20(24)25)12-14-8-4-3-5-9-14/h3-11,16,18,22H,12-13H2,1-2H3,(H,24,25). The number of benzene rings is 2. The number of ether oxygens (including phenoxy) is 2. The average Bonchev–Trinajstić information content (AvgIpc) is 3.09. The second kappa shape index (κ2) is 7.80. The van der Waals surface area contributed by atoms with Gasteiger partial charge in [0.25, 0.3) is 0 Å². The fourth-order valence-electron chi connectivity index (χ4n) is 3.83. The van der Waals surface area contributed by atoms with Crippen LogP contribution in [0.1, 0.15) is 23.6 Å². The fourth-order valence-corrected chi connectivity index (χ4v) is 3.83. The minimum atomic E-state index is -1.27. The van der Waals surface area contributed by atoms with Crippen molar-refractivity contribution in [3.8, 4) is 5.75 Å². The topological polar surface area (TPSA) is 84.9 Å². The summed E-state index contributed by atoms with van der Waals surface area (Å²) in [6.45, 7) is 0. The molecule has 3 unspecified atom stereocenters. The van der Waals surface area contributed by atoms with Gasteiger partial charge >= 0.3 is 11.9 Å². The van der Waals surface area contributed by atoms with Gasteiger partial charge in [0.1, 0.15) is 11.3 Å². The predicted octanol–water partition coefficient (Wildman–Crippen LogP) is 2.58. The van der Waals surface area contributed by atoms with Gasteiger partial charge < -0.3 is 14.6 Å². The number of nitrogens with one attached hydrogen (secondary N) is 1. The first kappa shape index (κ1) is 18.9. The molecule has 0 radical (unpaired) electrons. The number of esters is 1. The monoisotopic (exact) mass is 369 g/mol. The molecule has 2 aromatic rings. The molecule has 2 N–H and O–H groups in total. The van der Waals surface area contributed by atoms with E-state index >= 15 is 0 Å². The average molecular weight is 369 g/mol. The Kier molecular flexibility index (Phi) is 5.46. The summed E-state index contributed by atoms with van der Waals surface area (Å²) in [5.41, 5.74) is 0.356. The van der Waals surface area contributed by atoms with Gasteiger partial charge in [0, 0.05) is 12.0 Å². The minimum absolute atomic E-state index is 0.132. The minimum Gasteiger partial charge on any atom is -0.496 e. The number of carboxylic acid groups (broad SMARTS) is 1. The van der Waals surface area contributed by atoms with Gasteiger partial charge in [-0.15, -0.1) is 0 Å². The summed E-state index contributed by atoms with van der Waals surface area (Å²) in [7, 11) is 2.87. The second-order valence-corrected chi connectivity index (χ2v) is 6.75. The van der Waals surface area contributed by atoms with Crippen LogP contribution in [-0.2, 0) is 20.7 Å². The Morgan fingerprint density at radius 3 is 2.41 bits per heavy atom. The first-order valence-corrected chi connectivity index (χ1v) is 8.76. The van der Waals surface area contributed by atoms with Crippen molar-refractivity contribution in [1.82, 2.24) is 5.32 Å². The smallest absolute Gasteiger partial charge is 0.324 e. The van der Waals surface area contributed by atoms with E-state index in [9.17, 15) is 14.7 Å². The molecule has 0 saturated carbocycles. The highest BCUT2D eigenvalue weighted by Crippen LogP contribution is 2.43.